The highest BCUT2D eigenvalue weighted by Crippen LogP contribution is 2.18. The van der Waals surface area contributed by atoms with Crippen LogP contribution in [-0.2, 0) is 9.53 Å². The van der Waals surface area contributed by atoms with Crippen molar-refractivity contribution in [3.8, 4) is 0 Å². The molecule has 2 saturated heterocycles. The molecule has 0 saturated carbocycles. The lowest BCUT2D eigenvalue weighted by atomic mass is 9.91. The Labute approximate surface area is 97.3 Å². The van der Waals surface area contributed by atoms with E-state index in [0.29, 0.717) is 12.5 Å². The number of nitrogens with zero attached hydrogens (tertiary/aromatic N) is 1. The van der Waals surface area contributed by atoms with Gasteiger partial charge in [0.25, 0.3) is 0 Å². The van der Waals surface area contributed by atoms with Gasteiger partial charge in [-0.1, -0.05) is 6.92 Å². The maximum atomic E-state index is 12.3. The third-order valence-electron chi connectivity index (χ3n) is 3.59. The van der Waals surface area contributed by atoms with Crippen LogP contribution in [0.25, 0.3) is 0 Å². The number of nitrogens with one attached hydrogen (secondary N) is 1. The van der Waals surface area contributed by atoms with Gasteiger partial charge in [-0.05, 0) is 32.2 Å². The second-order valence-corrected chi connectivity index (χ2v) is 5.02. The largest absolute Gasteiger partial charge is 0.375 e. The number of morpholine rings is 1. The molecule has 1 N–H and O–H groups in total. The van der Waals surface area contributed by atoms with Gasteiger partial charge in [0.15, 0.2) is 0 Å². The SMILES string of the molecule is CC1CN(C(=O)C2NCCCC2C)CCO1. The van der Waals surface area contributed by atoms with Gasteiger partial charge in [-0.25, -0.2) is 0 Å². The van der Waals surface area contributed by atoms with E-state index in [-0.39, 0.29) is 18.1 Å². The van der Waals surface area contributed by atoms with Crippen LogP contribution >= 0.6 is 0 Å². The Balaban J connectivity index is 1.94. The minimum Gasteiger partial charge on any atom is -0.375 e. The first kappa shape index (κ1) is 11.9. The van der Waals surface area contributed by atoms with Gasteiger partial charge in [0.05, 0.1) is 18.8 Å². The lowest BCUT2D eigenvalue weighted by Gasteiger charge is -2.37. The second kappa shape index (κ2) is 5.15. The van der Waals surface area contributed by atoms with E-state index >= 15 is 0 Å². The molecule has 2 aliphatic rings. The molecule has 2 aliphatic heterocycles. The zero-order chi connectivity index (χ0) is 11.5. The minimum atomic E-state index is 0.0269. The summed E-state index contributed by atoms with van der Waals surface area (Å²) in [7, 11) is 0. The molecule has 4 nitrogen and oxygen atoms in total. The molecular formula is C12H22N2O2. The number of ether oxygens (including phenoxy) is 1. The first-order valence-corrected chi connectivity index (χ1v) is 6.32. The summed E-state index contributed by atoms with van der Waals surface area (Å²) in [5.41, 5.74) is 0. The molecule has 2 rings (SSSR count). The van der Waals surface area contributed by atoms with E-state index in [1.807, 2.05) is 11.8 Å². The standard InChI is InChI=1S/C12H22N2O2/c1-9-4-3-5-13-11(9)12(15)14-6-7-16-10(2)8-14/h9-11,13H,3-8H2,1-2H3. The molecule has 0 bridgehead atoms. The van der Waals surface area contributed by atoms with Gasteiger partial charge in [0, 0.05) is 13.1 Å². The number of carbonyl (C=O) groups excluding carboxylic acids is 1. The quantitative estimate of drug-likeness (QED) is 0.713. The molecule has 0 aliphatic carbocycles. The monoisotopic (exact) mass is 226 g/mol. The molecule has 0 radical (unpaired) electrons. The lowest BCUT2D eigenvalue weighted by molar-refractivity contribution is -0.142. The second-order valence-electron chi connectivity index (χ2n) is 5.02. The highest BCUT2D eigenvalue weighted by Gasteiger charge is 2.32. The lowest BCUT2D eigenvalue weighted by Crippen LogP contribution is -2.55. The van der Waals surface area contributed by atoms with Crippen LogP contribution in [0.3, 0.4) is 0 Å². The number of carbonyl (C=O) groups is 1. The predicted octanol–water partition coefficient (Wildman–Crippen LogP) is 0.622. The first-order valence-electron chi connectivity index (χ1n) is 6.32. The number of hydrogen-bond donors (Lipinski definition) is 1. The Kier molecular flexibility index (Phi) is 3.82. The minimum absolute atomic E-state index is 0.0269. The molecule has 3 atom stereocenters. The number of hydrogen-bond acceptors (Lipinski definition) is 3. The fraction of sp³-hybridized carbons (Fsp3) is 0.917. The highest BCUT2D eigenvalue weighted by molar-refractivity contribution is 5.82. The Bertz CT molecular complexity index is 257. The maximum Gasteiger partial charge on any atom is 0.240 e. The number of rotatable bonds is 1. The first-order chi connectivity index (χ1) is 7.68. The molecule has 0 aromatic carbocycles. The van der Waals surface area contributed by atoms with Gasteiger partial charge >= 0.3 is 0 Å². The van der Waals surface area contributed by atoms with Crippen molar-refractivity contribution in [3.05, 3.63) is 0 Å². The molecular weight excluding hydrogens is 204 g/mol. The predicted molar refractivity (Wildman–Crippen MR) is 62.2 cm³/mol. The van der Waals surface area contributed by atoms with E-state index in [1.54, 1.807) is 0 Å². The summed E-state index contributed by atoms with van der Waals surface area (Å²) < 4.78 is 5.46. The molecule has 92 valence electrons. The van der Waals surface area contributed by atoms with Gasteiger partial charge < -0.3 is 15.0 Å². The van der Waals surface area contributed by atoms with Gasteiger partial charge in [-0.3, -0.25) is 4.79 Å². The van der Waals surface area contributed by atoms with E-state index in [1.165, 1.54) is 6.42 Å². The van der Waals surface area contributed by atoms with E-state index in [4.69, 9.17) is 4.74 Å². The van der Waals surface area contributed by atoms with Crippen molar-refractivity contribution >= 4 is 5.91 Å². The van der Waals surface area contributed by atoms with E-state index in [9.17, 15) is 4.79 Å². The fourth-order valence-electron chi connectivity index (χ4n) is 2.60. The fourth-order valence-corrected chi connectivity index (χ4v) is 2.60. The molecule has 4 heteroatoms. The van der Waals surface area contributed by atoms with E-state index < -0.39 is 0 Å². The molecule has 0 aromatic heterocycles. The van der Waals surface area contributed by atoms with Crippen LogP contribution in [0.15, 0.2) is 0 Å². The van der Waals surface area contributed by atoms with Gasteiger partial charge in [0.2, 0.25) is 5.91 Å². The number of amides is 1. The molecule has 3 unspecified atom stereocenters. The third-order valence-corrected chi connectivity index (χ3v) is 3.59. The molecule has 2 fully saturated rings. The van der Waals surface area contributed by atoms with Crippen molar-refractivity contribution in [1.29, 1.82) is 0 Å². The van der Waals surface area contributed by atoms with Crippen molar-refractivity contribution < 1.29 is 9.53 Å². The highest BCUT2D eigenvalue weighted by atomic mass is 16.5. The topological polar surface area (TPSA) is 41.6 Å². The third kappa shape index (κ3) is 2.55. The van der Waals surface area contributed by atoms with Crippen molar-refractivity contribution in [2.24, 2.45) is 5.92 Å². The molecule has 16 heavy (non-hydrogen) atoms. The summed E-state index contributed by atoms with van der Waals surface area (Å²) in [6.07, 6.45) is 2.52. The van der Waals surface area contributed by atoms with Crippen molar-refractivity contribution in [2.75, 3.05) is 26.2 Å². The molecule has 2 heterocycles. The van der Waals surface area contributed by atoms with Crippen molar-refractivity contribution in [1.82, 2.24) is 10.2 Å². The van der Waals surface area contributed by atoms with E-state index in [2.05, 4.69) is 12.2 Å². The van der Waals surface area contributed by atoms with Crippen LogP contribution in [0.5, 0.6) is 0 Å². The Hall–Kier alpha value is -0.610. The number of piperidine rings is 1. The zero-order valence-electron chi connectivity index (χ0n) is 10.2. The average Bonchev–Trinajstić information content (AvgIpc) is 2.29. The van der Waals surface area contributed by atoms with Crippen LogP contribution in [0, 0.1) is 5.92 Å². The molecule has 0 aromatic rings. The summed E-state index contributed by atoms with van der Waals surface area (Å²) in [4.78, 5) is 14.3. The summed E-state index contributed by atoms with van der Waals surface area (Å²) in [5, 5.41) is 3.35. The normalized spacial score (nSPS) is 36.1. The van der Waals surface area contributed by atoms with Crippen LogP contribution in [0.2, 0.25) is 0 Å². The van der Waals surface area contributed by atoms with Gasteiger partial charge in [0.1, 0.15) is 0 Å². The van der Waals surface area contributed by atoms with E-state index in [0.717, 1.165) is 26.1 Å². The Morgan fingerprint density at radius 3 is 2.94 bits per heavy atom. The van der Waals surface area contributed by atoms with Crippen LogP contribution in [-0.4, -0.2) is 49.2 Å². The Morgan fingerprint density at radius 2 is 2.25 bits per heavy atom. The molecule has 0 spiro atoms. The van der Waals surface area contributed by atoms with Crippen molar-refractivity contribution in [2.45, 2.75) is 38.8 Å². The molecule has 1 amide bonds. The maximum absolute atomic E-state index is 12.3. The smallest absolute Gasteiger partial charge is 0.240 e. The van der Waals surface area contributed by atoms with Gasteiger partial charge in [-0.2, -0.15) is 0 Å². The van der Waals surface area contributed by atoms with Crippen molar-refractivity contribution in [3.63, 3.8) is 0 Å². The summed E-state index contributed by atoms with van der Waals surface area (Å²) in [6, 6.07) is 0.0269. The zero-order valence-corrected chi connectivity index (χ0v) is 10.2. The summed E-state index contributed by atoms with van der Waals surface area (Å²) in [6.45, 7) is 7.32. The van der Waals surface area contributed by atoms with Crippen LogP contribution in [0.4, 0.5) is 0 Å². The summed E-state index contributed by atoms with van der Waals surface area (Å²) in [5.74, 6) is 0.724. The van der Waals surface area contributed by atoms with Crippen LogP contribution in [0.1, 0.15) is 26.7 Å². The van der Waals surface area contributed by atoms with Crippen LogP contribution < -0.4 is 5.32 Å². The summed E-state index contributed by atoms with van der Waals surface area (Å²) >= 11 is 0. The Morgan fingerprint density at radius 1 is 1.44 bits per heavy atom. The van der Waals surface area contributed by atoms with Gasteiger partial charge in [-0.15, -0.1) is 0 Å². The average molecular weight is 226 g/mol.